The molecule has 3 heterocycles. The quantitative estimate of drug-likeness (QED) is 0.760. The van der Waals surface area contributed by atoms with Crippen LogP contribution in [0.5, 0.6) is 0 Å². The minimum absolute atomic E-state index is 0.00374. The molecule has 138 valence electrons. The van der Waals surface area contributed by atoms with Gasteiger partial charge in [-0.2, -0.15) is 13.2 Å². The predicted octanol–water partition coefficient (Wildman–Crippen LogP) is 0.0715. The molecular formula is C14H14F3N7O2. The van der Waals surface area contributed by atoms with E-state index in [0.717, 1.165) is 18.3 Å². The number of nitrogens with zero attached hydrogens (tertiary/aromatic N) is 7. The number of rotatable bonds is 3. The summed E-state index contributed by atoms with van der Waals surface area (Å²) < 4.78 is 38.9. The molecule has 0 unspecified atom stereocenters. The third-order valence-electron chi connectivity index (χ3n) is 3.91. The minimum atomic E-state index is -4.55. The number of aromatic nitrogens is 5. The lowest BCUT2D eigenvalue weighted by atomic mass is 10.2. The summed E-state index contributed by atoms with van der Waals surface area (Å²) in [6.45, 7) is 1.20. The van der Waals surface area contributed by atoms with E-state index in [2.05, 4.69) is 20.5 Å². The van der Waals surface area contributed by atoms with Crippen LogP contribution in [0.1, 0.15) is 16.1 Å². The number of tetrazole rings is 1. The summed E-state index contributed by atoms with van der Waals surface area (Å²) in [5, 5.41) is 10.5. The van der Waals surface area contributed by atoms with E-state index in [0.29, 0.717) is 13.1 Å². The number of carbonyl (C=O) groups excluding carboxylic acids is 2. The van der Waals surface area contributed by atoms with E-state index in [9.17, 15) is 22.8 Å². The second-order valence-corrected chi connectivity index (χ2v) is 5.61. The second-order valence-electron chi connectivity index (χ2n) is 5.61. The Kier molecular flexibility index (Phi) is 4.82. The molecule has 9 nitrogen and oxygen atoms in total. The maximum Gasteiger partial charge on any atom is 0.433 e. The molecule has 1 saturated heterocycles. The highest BCUT2D eigenvalue weighted by Gasteiger charge is 2.32. The molecular weight excluding hydrogens is 355 g/mol. The number of hydrogen-bond acceptors (Lipinski definition) is 6. The average molecular weight is 369 g/mol. The number of halogens is 3. The Bertz CT molecular complexity index is 769. The zero-order valence-electron chi connectivity index (χ0n) is 13.4. The lowest BCUT2D eigenvalue weighted by Crippen LogP contribution is -2.51. The number of hydrogen-bond donors (Lipinski definition) is 0. The van der Waals surface area contributed by atoms with Crippen LogP contribution in [0.3, 0.4) is 0 Å². The lowest BCUT2D eigenvalue weighted by molar-refractivity contribution is -0.141. The first-order chi connectivity index (χ1) is 12.3. The molecule has 26 heavy (non-hydrogen) atoms. The lowest BCUT2D eigenvalue weighted by Gasteiger charge is -2.34. The van der Waals surface area contributed by atoms with Crippen molar-refractivity contribution in [2.45, 2.75) is 12.7 Å². The molecule has 0 spiro atoms. The van der Waals surface area contributed by atoms with Crippen molar-refractivity contribution < 1.29 is 22.8 Å². The third kappa shape index (κ3) is 3.95. The van der Waals surface area contributed by atoms with Crippen molar-refractivity contribution in [1.29, 1.82) is 0 Å². The van der Waals surface area contributed by atoms with Crippen LogP contribution in [0.2, 0.25) is 0 Å². The Morgan fingerprint density at radius 2 is 1.77 bits per heavy atom. The van der Waals surface area contributed by atoms with E-state index in [4.69, 9.17) is 0 Å². The van der Waals surface area contributed by atoms with Crippen LogP contribution in [-0.2, 0) is 17.5 Å². The van der Waals surface area contributed by atoms with Crippen molar-refractivity contribution in [2.75, 3.05) is 26.2 Å². The number of piperazine rings is 1. The molecule has 1 aliphatic rings. The summed E-state index contributed by atoms with van der Waals surface area (Å²) in [6, 6.07) is 1.88. The van der Waals surface area contributed by atoms with Gasteiger partial charge in [0.2, 0.25) is 5.91 Å². The van der Waals surface area contributed by atoms with Crippen LogP contribution in [0, 0.1) is 0 Å². The van der Waals surface area contributed by atoms with Crippen molar-refractivity contribution in [1.82, 2.24) is 35.0 Å². The number of amides is 2. The number of pyridine rings is 1. The fourth-order valence-electron chi connectivity index (χ4n) is 2.52. The maximum absolute atomic E-state index is 12.5. The number of alkyl halides is 3. The first-order valence-electron chi connectivity index (χ1n) is 7.65. The molecule has 0 atom stereocenters. The number of carbonyl (C=O) groups is 2. The molecule has 0 radical (unpaired) electrons. The largest absolute Gasteiger partial charge is 0.433 e. The molecule has 2 aromatic rings. The second kappa shape index (κ2) is 7.06. The van der Waals surface area contributed by atoms with Crippen LogP contribution in [0.15, 0.2) is 24.7 Å². The van der Waals surface area contributed by atoms with Crippen molar-refractivity contribution in [3.05, 3.63) is 35.9 Å². The Hall–Kier alpha value is -3.05. The van der Waals surface area contributed by atoms with E-state index in [1.165, 1.54) is 15.9 Å². The molecule has 0 saturated carbocycles. The highest BCUT2D eigenvalue weighted by atomic mass is 19.4. The van der Waals surface area contributed by atoms with E-state index >= 15 is 0 Å². The van der Waals surface area contributed by atoms with E-state index in [1.807, 2.05) is 0 Å². The van der Waals surface area contributed by atoms with Gasteiger partial charge < -0.3 is 9.80 Å². The summed E-state index contributed by atoms with van der Waals surface area (Å²) in [5.74, 6) is -0.598. The van der Waals surface area contributed by atoms with Crippen molar-refractivity contribution in [2.24, 2.45) is 0 Å². The van der Waals surface area contributed by atoms with Gasteiger partial charge in [-0.3, -0.25) is 14.6 Å². The standard InChI is InChI=1S/C14H14F3N7O2/c15-14(16,17)11-2-1-10(7-18-11)13(26)23-5-3-22(4-6-23)12(25)8-24-9-19-20-21-24/h1-2,7,9H,3-6,8H2. The molecule has 2 amide bonds. The summed E-state index contributed by atoms with van der Waals surface area (Å²) in [6.07, 6.45) is -2.30. The Morgan fingerprint density at radius 1 is 1.08 bits per heavy atom. The Morgan fingerprint density at radius 3 is 2.31 bits per heavy atom. The summed E-state index contributed by atoms with van der Waals surface area (Å²) in [7, 11) is 0. The molecule has 2 aromatic heterocycles. The summed E-state index contributed by atoms with van der Waals surface area (Å²) in [4.78, 5) is 30.8. The van der Waals surface area contributed by atoms with Gasteiger partial charge in [-0.15, -0.1) is 5.10 Å². The van der Waals surface area contributed by atoms with Crippen LogP contribution < -0.4 is 0 Å². The minimum Gasteiger partial charge on any atom is -0.338 e. The zero-order chi connectivity index (χ0) is 18.7. The molecule has 3 rings (SSSR count). The fraction of sp³-hybridized carbons (Fsp3) is 0.429. The molecule has 0 bridgehead atoms. The van der Waals surface area contributed by atoms with Gasteiger partial charge in [0.1, 0.15) is 18.6 Å². The SMILES string of the molecule is O=C(Cn1cnnn1)N1CCN(C(=O)c2ccc(C(F)(F)F)nc2)CC1. The van der Waals surface area contributed by atoms with Crippen LogP contribution >= 0.6 is 0 Å². The van der Waals surface area contributed by atoms with E-state index in [1.54, 1.807) is 4.90 Å². The Labute approximate surface area is 145 Å². The van der Waals surface area contributed by atoms with Gasteiger partial charge in [0.15, 0.2) is 0 Å². The van der Waals surface area contributed by atoms with Gasteiger partial charge in [0.25, 0.3) is 5.91 Å². The van der Waals surface area contributed by atoms with Crippen LogP contribution in [0.4, 0.5) is 13.2 Å². The normalized spacial score (nSPS) is 15.2. The molecule has 1 fully saturated rings. The average Bonchev–Trinajstić information content (AvgIpc) is 3.13. The first kappa shape index (κ1) is 17.8. The summed E-state index contributed by atoms with van der Waals surface area (Å²) >= 11 is 0. The van der Waals surface area contributed by atoms with Crippen LogP contribution in [0.25, 0.3) is 0 Å². The van der Waals surface area contributed by atoms with Gasteiger partial charge >= 0.3 is 6.18 Å². The van der Waals surface area contributed by atoms with Gasteiger partial charge in [0, 0.05) is 32.4 Å². The summed E-state index contributed by atoms with van der Waals surface area (Å²) in [5.41, 5.74) is -0.974. The van der Waals surface area contributed by atoms with Crippen molar-refractivity contribution in [3.8, 4) is 0 Å². The van der Waals surface area contributed by atoms with Gasteiger partial charge in [-0.25, -0.2) is 4.68 Å². The van der Waals surface area contributed by atoms with Crippen LogP contribution in [-0.4, -0.2) is 73.0 Å². The maximum atomic E-state index is 12.5. The van der Waals surface area contributed by atoms with E-state index in [-0.39, 0.29) is 31.1 Å². The topological polar surface area (TPSA) is 97.1 Å². The molecule has 0 aromatic carbocycles. The monoisotopic (exact) mass is 369 g/mol. The van der Waals surface area contributed by atoms with Gasteiger partial charge in [-0.05, 0) is 22.6 Å². The highest BCUT2D eigenvalue weighted by Crippen LogP contribution is 2.27. The first-order valence-corrected chi connectivity index (χ1v) is 7.65. The zero-order valence-corrected chi connectivity index (χ0v) is 13.4. The van der Waals surface area contributed by atoms with Crippen molar-refractivity contribution >= 4 is 11.8 Å². The molecule has 12 heteroatoms. The third-order valence-corrected chi connectivity index (χ3v) is 3.91. The molecule has 0 aliphatic carbocycles. The van der Waals surface area contributed by atoms with Gasteiger partial charge in [-0.1, -0.05) is 0 Å². The predicted molar refractivity (Wildman–Crippen MR) is 79.5 cm³/mol. The van der Waals surface area contributed by atoms with Crippen molar-refractivity contribution in [3.63, 3.8) is 0 Å². The fourth-order valence-corrected chi connectivity index (χ4v) is 2.52. The smallest absolute Gasteiger partial charge is 0.338 e. The Balaban J connectivity index is 1.55. The highest BCUT2D eigenvalue weighted by molar-refractivity contribution is 5.94. The molecule has 1 aliphatic heterocycles. The molecule has 0 N–H and O–H groups in total. The van der Waals surface area contributed by atoms with Gasteiger partial charge in [0.05, 0.1) is 5.56 Å². The van der Waals surface area contributed by atoms with E-state index < -0.39 is 17.8 Å².